The van der Waals surface area contributed by atoms with E-state index in [0.29, 0.717) is 18.9 Å². The summed E-state index contributed by atoms with van der Waals surface area (Å²) < 4.78 is 0. The van der Waals surface area contributed by atoms with E-state index >= 15 is 0 Å². The Morgan fingerprint density at radius 1 is 1.18 bits per heavy atom. The van der Waals surface area contributed by atoms with Gasteiger partial charge in [0.25, 0.3) is 5.91 Å². The lowest BCUT2D eigenvalue weighted by molar-refractivity contribution is -0.121. The number of likely N-dealkylation sites (tertiary alicyclic amines) is 1. The highest BCUT2D eigenvalue weighted by molar-refractivity contribution is 5.95. The van der Waals surface area contributed by atoms with Crippen molar-refractivity contribution in [2.45, 2.75) is 46.1 Å². The fraction of sp³-hybridized carbons (Fsp3) is 0.435. The number of aryl methyl sites for hydroxylation is 2. The van der Waals surface area contributed by atoms with Gasteiger partial charge in [-0.1, -0.05) is 23.8 Å². The van der Waals surface area contributed by atoms with Crippen molar-refractivity contribution in [2.75, 3.05) is 13.1 Å². The molecule has 1 aliphatic rings. The predicted octanol–water partition coefficient (Wildman–Crippen LogP) is 3.65. The molecule has 0 saturated carbocycles. The van der Waals surface area contributed by atoms with Gasteiger partial charge >= 0.3 is 0 Å². The molecule has 5 heteroatoms. The lowest BCUT2D eigenvalue weighted by Gasteiger charge is -2.32. The van der Waals surface area contributed by atoms with E-state index in [4.69, 9.17) is 0 Å². The number of hydrogen-bond donors (Lipinski definition) is 1. The zero-order chi connectivity index (χ0) is 19.9. The first-order valence-corrected chi connectivity index (χ1v) is 10.0. The van der Waals surface area contributed by atoms with E-state index in [1.165, 1.54) is 5.56 Å². The van der Waals surface area contributed by atoms with Crippen LogP contribution < -0.4 is 5.32 Å². The molecule has 0 atom stereocenters. The van der Waals surface area contributed by atoms with E-state index in [1.54, 1.807) is 12.4 Å². The zero-order valence-electron chi connectivity index (χ0n) is 16.8. The molecule has 0 bridgehead atoms. The summed E-state index contributed by atoms with van der Waals surface area (Å²) in [5.74, 6) is 0.718. The first-order chi connectivity index (χ1) is 13.5. The molecule has 0 unspecified atom stereocenters. The number of nitrogens with zero attached hydrogens (tertiary/aromatic N) is 2. The highest BCUT2D eigenvalue weighted by Gasteiger charge is 2.24. The van der Waals surface area contributed by atoms with Crippen molar-refractivity contribution in [3.8, 4) is 0 Å². The summed E-state index contributed by atoms with van der Waals surface area (Å²) in [7, 11) is 0. The van der Waals surface area contributed by atoms with Gasteiger partial charge in [0.15, 0.2) is 0 Å². The molecule has 1 N–H and O–H groups in total. The molecule has 2 heterocycles. The van der Waals surface area contributed by atoms with Crippen LogP contribution in [0.2, 0.25) is 0 Å². The van der Waals surface area contributed by atoms with Gasteiger partial charge in [0, 0.05) is 44.0 Å². The van der Waals surface area contributed by atoms with Crippen LogP contribution in [-0.4, -0.2) is 34.8 Å². The Balaban J connectivity index is 1.40. The molecule has 28 heavy (non-hydrogen) atoms. The van der Waals surface area contributed by atoms with Gasteiger partial charge in [-0.25, -0.2) is 0 Å². The van der Waals surface area contributed by atoms with Crippen molar-refractivity contribution in [3.63, 3.8) is 0 Å². The van der Waals surface area contributed by atoms with Crippen LogP contribution in [0.25, 0.3) is 0 Å². The van der Waals surface area contributed by atoms with Crippen LogP contribution in [-0.2, 0) is 11.3 Å². The maximum atomic E-state index is 12.8. The van der Waals surface area contributed by atoms with E-state index in [2.05, 4.69) is 16.4 Å². The Labute approximate surface area is 167 Å². The largest absolute Gasteiger partial charge is 0.352 e. The standard InChI is InChI=1S/C23H29N3O2/c1-17-5-7-21(18(2)14-17)23(28)26-12-9-19(10-13-26)6-8-22(27)25-16-20-4-3-11-24-15-20/h3-5,7,11,14-15,19H,6,8-10,12-13,16H2,1-2H3,(H,25,27). The Morgan fingerprint density at radius 2 is 1.96 bits per heavy atom. The number of rotatable bonds is 6. The molecule has 5 nitrogen and oxygen atoms in total. The number of carbonyl (C=O) groups excluding carboxylic acids is 2. The molecular weight excluding hydrogens is 350 g/mol. The smallest absolute Gasteiger partial charge is 0.254 e. The Bertz CT molecular complexity index is 812. The average Bonchev–Trinajstić information content (AvgIpc) is 2.71. The summed E-state index contributed by atoms with van der Waals surface area (Å²) in [6, 6.07) is 9.82. The molecule has 0 radical (unpaired) electrons. The highest BCUT2D eigenvalue weighted by Crippen LogP contribution is 2.24. The maximum absolute atomic E-state index is 12.8. The fourth-order valence-electron chi connectivity index (χ4n) is 3.78. The Morgan fingerprint density at radius 3 is 2.64 bits per heavy atom. The summed E-state index contributed by atoms with van der Waals surface area (Å²) >= 11 is 0. The monoisotopic (exact) mass is 379 g/mol. The molecule has 2 aromatic rings. The number of amides is 2. The van der Waals surface area contributed by atoms with Gasteiger partial charge in [-0.05, 0) is 62.3 Å². The summed E-state index contributed by atoms with van der Waals surface area (Å²) in [6.45, 7) is 6.11. The van der Waals surface area contributed by atoms with Crippen molar-refractivity contribution in [1.29, 1.82) is 0 Å². The molecule has 148 valence electrons. The van der Waals surface area contributed by atoms with Crippen LogP contribution in [0.5, 0.6) is 0 Å². The summed E-state index contributed by atoms with van der Waals surface area (Å²) in [6.07, 6.45) is 6.84. The van der Waals surface area contributed by atoms with E-state index in [1.807, 2.05) is 43.0 Å². The number of piperidine rings is 1. The molecule has 1 fully saturated rings. The minimum absolute atomic E-state index is 0.0811. The summed E-state index contributed by atoms with van der Waals surface area (Å²) in [5, 5.41) is 2.95. The highest BCUT2D eigenvalue weighted by atomic mass is 16.2. The van der Waals surface area contributed by atoms with E-state index < -0.39 is 0 Å². The molecular formula is C23H29N3O2. The topological polar surface area (TPSA) is 62.3 Å². The average molecular weight is 380 g/mol. The maximum Gasteiger partial charge on any atom is 0.254 e. The van der Waals surface area contributed by atoms with Gasteiger partial charge < -0.3 is 10.2 Å². The number of carbonyl (C=O) groups is 2. The summed E-state index contributed by atoms with van der Waals surface area (Å²) in [4.78, 5) is 30.9. The van der Waals surface area contributed by atoms with Gasteiger partial charge in [0.05, 0.1) is 0 Å². The number of hydrogen-bond acceptors (Lipinski definition) is 3. The lowest BCUT2D eigenvalue weighted by atomic mass is 9.91. The van der Waals surface area contributed by atoms with Gasteiger partial charge in [-0.15, -0.1) is 0 Å². The molecule has 1 saturated heterocycles. The van der Waals surface area contributed by atoms with Crippen molar-refractivity contribution in [1.82, 2.24) is 15.2 Å². The SMILES string of the molecule is Cc1ccc(C(=O)N2CCC(CCC(=O)NCc3cccnc3)CC2)c(C)c1. The van der Waals surface area contributed by atoms with Crippen LogP contribution in [0.4, 0.5) is 0 Å². The van der Waals surface area contributed by atoms with Gasteiger partial charge in [-0.3, -0.25) is 14.6 Å². The van der Waals surface area contributed by atoms with Crippen molar-refractivity contribution >= 4 is 11.8 Å². The second-order valence-electron chi connectivity index (χ2n) is 7.73. The van der Waals surface area contributed by atoms with E-state index in [0.717, 1.165) is 49.0 Å². The first-order valence-electron chi connectivity index (χ1n) is 10.0. The summed E-state index contributed by atoms with van der Waals surface area (Å²) in [5.41, 5.74) is 4.03. The first kappa shape index (κ1) is 20.1. The van der Waals surface area contributed by atoms with Gasteiger partial charge in [0.2, 0.25) is 5.91 Å². The minimum atomic E-state index is 0.0811. The van der Waals surface area contributed by atoms with Crippen molar-refractivity contribution < 1.29 is 9.59 Å². The third kappa shape index (κ3) is 5.41. The van der Waals surface area contributed by atoms with Crippen LogP contribution in [0, 0.1) is 19.8 Å². The number of pyridine rings is 1. The third-order valence-corrected chi connectivity index (χ3v) is 5.51. The third-order valence-electron chi connectivity index (χ3n) is 5.51. The quantitative estimate of drug-likeness (QED) is 0.833. The molecule has 1 aromatic heterocycles. The number of benzene rings is 1. The molecule has 3 rings (SSSR count). The van der Waals surface area contributed by atoms with E-state index in [-0.39, 0.29) is 11.8 Å². The second-order valence-corrected chi connectivity index (χ2v) is 7.73. The molecule has 1 aliphatic heterocycles. The van der Waals surface area contributed by atoms with Gasteiger partial charge in [-0.2, -0.15) is 0 Å². The number of aromatic nitrogens is 1. The Kier molecular flexibility index (Phi) is 6.80. The molecule has 0 spiro atoms. The van der Waals surface area contributed by atoms with Gasteiger partial charge in [0.1, 0.15) is 0 Å². The van der Waals surface area contributed by atoms with Crippen LogP contribution in [0.15, 0.2) is 42.7 Å². The van der Waals surface area contributed by atoms with Crippen molar-refractivity contribution in [2.24, 2.45) is 5.92 Å². The number of nitrogens with one attached hydrogen (secondary N) is 1. The van der Waals surface area contributed by atoms with Crippen LogP contribution in [0.1, 0.15) is 52.7 Å². The zero-order valence-corrected chi connectivity index (χ0v) is 16.8. The molecule has 2 amide bonds. The van der Waals surface area contributed by atoms with Crippen LogP contribution in [0.3, 0.4) is 0 Å². The van der Waals surface area contributed by atoms with E-state index in [9.17, 15) is 9.59 Å². The normalized spacial score (nSPS) is 14.7. The molecule has 1 aromatic carbocycles. The molecule has 0 aliphatic carbocycles. The second kappa shape index (κ2) is 9.49. The lowest BCUT2D eigenvalue weighted by Crippen LogP contribution is -2.39. The Hall–Kier alpha value is -2.69. The van der Waals surface area contributed by atoms with Crippen molar-refractivity contribution in [3.05, 3.63) is 65.0 Å². The fourth-order valence-corrected chi connectivity index (χ4v) is 3.78. The predicted molar refractivity (Wildman–Crippen MR) is 110 cm³/mol. The van der Waals surface area contributed by atoms with Crippen LogP contribution >= 0.6 is 0 Å². The minimum Gasteiger partial charge on any atom is -0.352 e.